The van der Waals surface area contributed by atoms with Crippen LogP contribution in [0.25, 0.3) is 0 Å². The van der Waals surface area contributed by atoms with Gasteiger partial charge in [-0.05, 0) is 23.3 Å². The molecule has 0 aliphatic heterocycles. The molecule has 1 unspecified atom stereocenters. The van der Waals surface area contributed by atoms with Crippen LogP contribution in [0.5, 0.6) is 0 Å². The largest absolute Gasteiger partial charge is 0.326 e. The lowest BCUT2D eigenvalue weighted by molar-refractivity contribution is 0.0164. The maximum absolute atomic E-state index is 13.1. The van der Waals surface area contributed by atoms with Crippen molar-refractivity contribution in [2.45, 2.75) is 32.0 Å². The summed E-state index contributed by atoms with van der Waals surface area (Å²) in [6, 6.07) is 2.91. The molecule has 0 saturated heterocycles. The first-order valence-corrected chi connectivity index (χ1v) is 4.90. The van der Waals surface area contributed by atoms with Gasteiger partial charge in [-0.2, -0.15) is 0 Å². The predicted octanol–water partition coefficient (Wildman–Crippen LogP) is 3.53. The quantitative estimate of drug-likeness (QED) is 0.816. The Morgan fingerprint density at radius 1 is 1.18 bits per heavy atom. The Balaban J connectivity index is 3.23. The van der Waals surface area contributed by atoms with Gasteiger partial charge in [0.1, 0.15) is 0 Å². The summed E-state index contributed by atoms with van der Waals surface area (Å²) >= 11 is 0. The molecule has 0 aromatic heterocycles. The average Bonchev–Trinajstić information content (AvgIpc) is 2.26. The monoisotopic (exact) mass is 253 g/mol. The molecule has 17 heavy (non-hydrogen) atoms. The van der Waals surface area contributed by atoms with Gasteiger partial charge in [0.2, 0.25) is 0 Å². The van der Waals surface area contributed by atoms with Gasteiger partial charge in [0.15, 0.2) is 6.17 Å². The van der Waals surface area contributed by atoms with Crippen LogP contribution in [0.1, 0.15) is 29.8 Å². The van der Waals surface area contributed by atoms with Crippen molar-refractivity contribution in [3.05, 3.63) is 34.9 Å². The second kappa shape index (κ2) is 5.00. The maximum Gasteiger partial charge on any atom is 0.273 e. The van der Waals surface area contributed by atoms with E-state index in [1.165, 1.54) is 0 Å². The van der Waals surface area contributed by atoms with E-state index in [2.05, 4.69) is 0 Å². The van der Waals surface area contributed by atoms with Gasteiger partial charge < -0.3 is 5.73 Å². The van der Waals surface area contributed by atoms with E-state index in [1.54, 1.807) is 0 Å². The van der Waals surface area contributed by atoms with Gasteiger partial charge in [-0.1, -0.05) is 6.07 Å². The van der Waals surface area contributed by atoms with E-state index in [-0.39, 0.29) is 12.1 Å². The van der Waals surface area contributed by atoms with E-state index in [9.17, 15) is 22.0 Å². The third-order valence-electron chi connectivity index (χ3n) is 2.30. The minimum atomic E-state index is -3.25. The van der Waals surface area contributed by atoms with Crippen LogP contribution in [0.15, 0.2) is 18.2 Å². The van der Waals surface area contributed by atoms with E-state index < -0.39 is 29.6 Å². The Hall–Kier alpha value is -1.17. The molecule has 1 atom stereocenters. The van der Waals surface area contributed by atoms with Crippen LogP contribution in [-0.2, 0) is 12.5 Å². The van der Waals surface area contributed by atoms with Crippen LogP contribution < -0.4 is 5.73 Å². The first kappa shape index (κ1) is 13.9. The van der Waals surface area contributed by atoms with Gasteiger partial charge in [-0.15, -0.1) is 0 Å². The van der Waals surface area contributed by atoms with E-state index in [1.807, 2.05) is 0 Å². The molecule has 1 aromatic carbocycles. The molecular formula is C11H12F5N. The Kier molecular flexibility index (Phi) is 4.08. The van der Waals surface area contributed by atoms with Crippen LogP contribution in [0.2, 0.25) is 0 Å². The highest BCUT2D eigenvalue weighted by molar-refractivity contribution is 5.34. The highest BCUT2D eigenvalue weighted by atomic mass is 19.3. The van der Waals surface area contributed by atoms with Crippen molar-refractivity contribution in [3.63, 3.8) is 0 Å². The predicted molar refractivity (Wildman–Crippen MR) is 53.8 cm³/mol. The maximum atomic E-state index is 13.1. The number of benzene rings is 1. The van der Waals surface area contributed by atoms with Crippen LogP contribution in [0.4, 0.5) is 22.0 Å². The second-order valence-electron chi connectivity index (χ2n) is 3.79. The Bertz CT molecular complexity index is 386. The molecule has 2 N–H and O–H groups in total. The Morgan fingerprint density at radius 2 is 1.76 bits per heavy atom. The average molecular weight is 253 g/mol. The normalized spacial score (nSPS) is 14.1. The SMILES string of the molecule is CC(F)(F)c1cc(CN)cc(C(F)C(F)F)c1. The minimum absolute atomic E-state index is 0.118. The van der Waals surface area contributed by atoms with Crippen LogP contribution >= 0.6 is 0 Å². The van der Waals surface area contributed by atoms with Crippen molar-refractivity contribution in [1.29, 1.82) is 0 Å². The lowest BCUT2D eigenvalue weighted by atomic mass is 9.99. The van der Waals surface area contributed by atoms with Gasteiger partial charge in [0.05, 0.1) is 0 Å². The fourth-order valence-electron chi connectivity index (χ4n) is 1.39. The molecule has 0 aliphatic rings. The smallest absolute Gasteiger partial charge is 0.273 e. The van der Waals surface area contributed by atoms with E-state index in [4.69, 9.17) is 5.73 Å². The molecule has 0 aliphatic carbocycles. The summed E-state index contributed by atoms with van der Waals surface area (Å²) in [5.74, 6) is -3.22. The third kappa shape index (κ3) is 3.39. The Morgan fingerprint density at radius 3 is 2.18 bits per heavy atom. The van der Waals surface area contributed by atoms with E-state index >= 15 is 0 Å². The van der Waals surface area contributed by atoms with Crippen LogP contribution in [-0.4, -0.2) is 6.43 Å². The van der Waals surface area contributed by atoms with Crippen molar-refractivity contribution in [3.8, 4) is 0 Å². The molecule has 0 radical (unpaired) electrons. The van der Waals surface area contributed by atoms with Gasteiger partial charge in [0, 0.05) is 19.0 Å². The van der Waals surface area contributed by atoms with E-state index in [0.717, 1.165) is 18.2 Å². The molecule has 1 aromatic rings. The lowest BCUT2D eigenvalue weighted by Crippen LogP contribution is -2.12. The summed E-state index contributed by atoms with van der Waals surface area (Å²) in [5, 5.41) is 0. The van der Waals surface area contributed by atoms with Crippen molar-refractivity contribution in [2.75, 3.05) is 0 Å². The molecule has 1 rings (SSSR count). The fraction of sp³-hybridized carbons (Fsp3) is 0.455. The number of alkyl halides is 5. The fourth-order valence-corrected chi connectivity index (χ4v) is 1.39. The molecule has 0 amide bonds. The number of hydrogen-bond acceptors (Lipinski definition) is 1. The molecule has 96 valence electrons. The molecular weight excluding hydrogens is 241 g/mol. The van der Waals surface area contributed by atoms with Gasteiger partial charge in [-0.3, -0.25) is 0 Å². The third-order valence-corrected chi connectivity index (χ3v) is 2.30. The molecule has 0 spiro atoms. The summed E-state index contributed by atoms with van der Waals surface area (Å²) in [7, 11) is 0. The number of nitrogens with two attached hydrogens (primary N) is 1. The van der Waals surface area contributed by atoms with Gasteiger partial charge >= 0.3 is 0 Å². The first-order chi connectivity index (χ1) is 7.75. The van der Waals surface area contributed by atoms with Gasteiger partial charge in [0.25, 0.3) is 12.3 Å². The zero-order valence-electron chi connectivity index (χ0n) is 9.06. The van der Waals surface area contributed by atoms with Crippen molar-refractivity contribution < 1.29 is 22.0 Å². The summed E-state index contributed by atoms with van der Waals surface area (Å²) < 4.78 is 63.6. The molecule has 6 heteroatoms. The van der Waals surface area contributed by atoms with Crippen LogP contribution in [0, 0.1) is 0 Å². The zero-order valence-corrected chi connectivity index (χ0v) is 9.06. The number of rotatable bonds is 4. The number of hydrogen-bond donors (Lipinski definition) is 1. The second-order valence-corrected chi connectivity index (χ2v) is 3.79. The highest BCUT2D eigenvalue weighted by Crippen LogP contribution is 2.32. The molecule has 1 nitrogen and oxygen atoms in total. The summed E-state index contributed by atoms with van der Waals surface area (Å²) in [4.78, 5) is 0. The van der Waals surface area contributed by atoms with Crippen molar-refractivity contribution in [1.82, 2.24) is 0 Å². The zero-order chi connectivity index (χ0) is 13.2. The molecule has 0 fully saturated rings. The summed E-state index contributed by atoms with van der Waals surface area (Å²) in [5.41, 5.74) is 4.46. The van der Waals surface area contributed by atoms with Crippen molar-refractivity contribution >= 4 is 0 Å². The summed E-state index contributed by atoms with van der Waals surface area (Å²) in [6.45, 7) is 0.495. The lowest BCUT2D eigenvalue weighted by Gasteiger charge is -2.16. The van der Waals surface area contributed by atoms with Crippen molar-refractivity contribution in [2.24, 2.45) is 5.73 Å². The molecule has 0 bridgehead atoms. The topological polar surface area (TPSA) is 26.0 Å². The molecule has 0 heterocycles. The van der Waals surface area contributed by atoms with Crippen LogP contribution in [0.3, 0.4) is 0 Å². The first-order valence-electron chi connectivity index (χ1n) is 4.90. The Labute approximate surface area is 95.4 Å². The highest BCUT2D eigenvalue weighted by Gasteiger charge is 2.28. The standard InChI is InChI=1S/C11H12F5N/c1-11(15,16)8-3-6(5-17)2-7(4-8)9(12)10(13)14/h2-4,9-10H,5,17H2,1H3. The van der Waals surface area contributed by atoms with E-state index in [0.29, 0.717) is 6.92 Å². The number of halogens is 5. The van der Waals surface area contributed by atoms with Gasteiger partial charge in [-0.25, -0.2) is 22.0 Å². The summed E-state index contributed by atoms with van der Waals surface area (Å²) in [6.07, 6.45) is -5.83. The minimum Gasteiger partial charge on any atom is -0.326 e. The molecule has 0 saturated carbocycles.